The summed E-state index contributed by atoms with van der Waals surface area (Å²) in [5, 5.41) is 5.48. The SMILES string of the molecule is COc1ccc(F)c(NCCNC(C)=O)c1. The molecule has 0 spiro atoms. The Morgan fingerprint density at radius 1 is 1.44 bits per heavy atom. The molecule has 0 fully saturated rings. The molecule has 0 atom stereocenters. The average Bonchev–Trinajstić information content (AvgIpc) is 2.26. The predicted octanol–water partition coefficient (Wildman–Crippen LogP) is 1.38. The Morgan fingerprint density at radius 3 is 2.81 bits per heavy atom. The molecule has 4 nitrogen and oxygen atoms in total. The second kappa shape index (κ2) is 5.95. The monoisotopic (exact) mass is 226 g/mol. The Labute approximate surface area is 93.8 Å². The fourth-order valence-corrected chi connectivity index (χ4v) is 1.20. The van der Waals surface area contributed by atoms with Gasteiger partial charge >= 0.3 is 0 Å². The Morgan fingerprint density at radius 2 is 2.19 bits per heavy atom. The van der Waals surface area contributed by atoms with E-state index in [1.165, 1.54) is 20.1 Å². The fraction of sp³-hybridized carbons (Fsp3) is 0.364. The molecule has 16 heavy (non-hydrogen) atoms. The number of hydrogen-bond donors (Lipinski definition) is 2. The van der Waals surface area contributed by atoms with Crippen molar-refractivity contribution >= 4 is 11.6 Å². The van der Waals surface area contributed by atoms with Gasteiger partial charge in [0.1, 0.15) is 11.6 Å². The first-order valence-electron chi connectivity index (χ1n) is 4.95. The Bertz CT molecular complexity index is 369. The lowest BCUT2D eigenvalue weighted by Gasteiger charge is -2.09. The van der Waals surface area contributed by atoms with E-state index < -0.39 is 0 Å². The maximum Gasteiger partial charge on any atom is 0.216 e. The summed E-state index contributed by atoms with van der Waals surface area (Å²) in [6.45, 7) is 2.35. The van der Waals surface area contributed by atoms with Crippen LogP contribution in [0.4, 0.5) is 10.1 Å². The number of benzene rings is 1. The summed E-state index contributed by atoms with van der Waals surface area (Å²) in [4.78, 5) is 10.6. The molecule has 0 aliphatic heterocycles. The lowest BCUT2D eigenvalue weighted by molar-refractivity contribution is -0.118. The molecule has 0 heterocycles. The van der Waals surface area contributed by atoms with E-state index >= 15 is 0 Å². The predicted molar refractivity (Wildman–Crippen MR) is 60.1 cm³/mol. The lowest BCUT2D eigenvalue weighted by Crippen LogP contribution is -2.26. The van der Waals surface area contributed by atoms with Gasteiger partial charge in [-0.2, -0.15) is 0 Å². The van der Waals surface area contributed by atoms with Gasteiger partial charge in [-0.25, -0.2) is 4.39 Å². The van der Waals surface area contributed by atoms with E-state index in [2.05, 4.69) is 10.6 Å². The van der Waals surface area contributed by atoms with Crippen molar-refractivity contribution in [2.75, 3.05) is 25.5 Å². The molecule has 0 bridgehead atoms. The minimum Gasteiger partial charge on any atom is -0.497 e. The van der Waals surface area contributed by atoms with Gasteiger partial charge in [-0.3, -0.25) is 4.79 Å². The number of amides is 1. The van der Waals surface area contributed by atoms with Crippen LogP contribution in [-0.4, -0.2) is 26.1 Å². The average molecular weight is 226 g/mol. The maximum absolute atomic E-state index is 13.3. The number of carbonyl (C=O) groups excluding carboxylic acids is 1. The second-order valence-electron chi connectivity index (χ2n) is 3.26. The highest BCUT2D eigenvalue weighted by molar-refractivity contribution is 5.72. The van der Waals surface area contributed by atoms with Gasteiger partial charge in [0.05, 0.1) is 12.8 Å². The maximum atomic E-state index is 13.3. The zero-order valence-electron chi connectivity index (χ0n) is 9.34. The van der Waals surface area contributed by atoms with Crippen molar-refractivity contribution in [3.8, 4) is 5.75 Å². The quantitative estimate of drug-likeness (QED) is 0.746. The van der Waals surface area contributed by atoms with E-state index in [0.29, 0.717) is 24.5 Å². The normalized spacial score (nSPS) is 9.69. The Hall–Kier alpha value is -1.78. The summed E-state index contributed by atoms with van der Waals surface area (Å²) in [6.07, 6.45) is 0. The topological polar surface area (TPSA) is 50.4 Å². The van der Waals surface area contributed by atoms with E-state index in [4.69, 9.17) is 4.74 Å². The van der Waals surface area contributed by atoms with Crippen molar-refractivity contribution in [2.45, 2.75) is 6.92 Å². The van der Waals surface area contributed by atoms with Crippen molar-refractivity contribution in [1.29, 1.82) is 0 Å². The lowest BCUT2D eigenvalue weighted by atomic mass is 10.3. The van der Waals surface area contributed by atoms with Crippen molar-refractivity contribution in [3.05, 3.63) is 24.0 Å². The third kappa shape index (κ3) is 3.76. The fourth-order valence-electron chi connectivity index (χ4n) is 1.20. The molecule has 88 valence electrons. The first-order valence-corrected chi connectivity index (χ1v) is 4.95. The molecule has 0 unspecified atom stereocenters. The van der Waals surface area contributed by atoms with Crippen molar-refractivity contribution in [2.24, 2.45) is 0 Å². The molecule has 0 aromatic heterocycles. The van der Waals surface area contributed by atoms with E-state index in [-0.39, 0.29) is 11.7 Å². The third-order valence-corrected chi connectivity index (χ3v) is 1.99. The summed E-state index contributed by atoms with van der Waals surface area (Å²) in [5.41, 5.74) is 0.365. The van der Waals surface area contributed by atoms with E-state index in [0.717, 1.165) is 0 Å². The number of rotatable bonds is 5. The molecule has 1 amide bonds. The van der Waals surface area contributed by atoms with E-state index in [1.54, 1.807) is 12.1 Å². The standard InChI is InChI=1S/C11H15FN2O2/c1-8(15)13-5-6-14-11-7-9(16-2)3-4-10(11)12/h3-4,7,14H,5-6H2,1-2H3,(H,13,15). The van der Waals surface area contributed by atoms with Gasteiger partial charge in [-0.05, 0) is 12.1 Å². The van der Waals surface area contributed by atoms with Crippen molar-refractivity contribution < 1.29 is 13.9 Å². The summed E-state index contributed by atoms with van der Waals surface area (Å²) >= 11 is 0. The minimum absolute atomic E-state index is 0.104. The van der Waals surface area contributed by atoms with Crippen LogP contribution in [0.1, 0.15) is 6.92 Å². The number of halogens is 1. The molecule has 1 aromatic rings. The summed E-state index contributed by atoms with van der Waals surface area (Å²) in [7, 11) is 1.52. The number of carbonyl (C=O) groups is 1. The number of methoxy groups -OCH3 is 1. The molecule has 0 aliphatic rings. The van der Waals surface area contributed by atoms with E-state index in [9.17, 15) is 9.18 Å². The van der Waals surface area contributed by atoms with Gasteiger partial charge in [-0.15, -0.1) is 0 Å². The molecule has 1 rings (SSSR count). The first-order chi connectivity index (χ1) is 7.63. The molecule has 1 aromatic carbocycles. The molecule has 0 saturated heterocycles. The Kier molecular flexibility index (Phi) is 4.57. The van der Waals surface area contributed by atoms with Crippen LogP contribution >= 0.6 is 0 Å². The smallest absolute Gasteiger partial charge is 0.216 e. The van der Waals surface area contributed by atoms with Gasteiger partial charge < -0.3 is 15.4 Å². The highest BCUT2D eigenvalue weighted by Gasteiger charge is 2.02. The molecule has 5 heteroatoms. The highest BCUT2D eigenvalue weighted by atomic mass is 19.1. The zero-order chi connectivity index (χ0) is 12.0. The van der Waals surface area contributed by atoms with Gasteiger partial charge in [0.2, 0.25) is 5.91 Å². The first kappa shape index (κ1) is 12.3. The largest absolute Gasteiger partial charge is 0.497 e. The van der Waals surface area contributed by atoms with Crippen LogP contribution < -0.4 is 15.4 Å². The van der Waals surface area contributed by atoms with Crippen LogP contribution in [0, 0.1) is 5.82 Å². The van der Waals surface area contributed by atoms with Crippen LogP contribution in [0.3, 0.4) is 0 Å². The highest BCUT2D eigenvalue weighted by Crippen LogP contribution is 2.20. The summed E-state index contributed by atoms with van der Waals surface area (Å²) in [5.74, 6) is 0.139. The van der Waals surface area contributed by atoms with Gasteiger partial charge in [0, 0.05) is 26.1 Å². The molecule has 2 N–H and O–H groups in total. The minimum atomic E-state index is -0.344. The van der Waals surface area contributed by atoms with Gasteiger partial charge in [0.25, 0.3) is 0 Å². The number of ether oxygens (including phenoxy) is 1. The molecular weight excluding hydrogens is 211 g/mol. The summed E-state index contributed by atoms with van der Waals surface area (Å²) < 4.78 is 18.3. The number of hydrogen-bond acceptors (Lipinski definition) is 3. The van der Waals surface area contributed by atoms with Gasteiger partial charge in [0.15, 0.2) is 0 Å². The third-order valence-electron chi connectivity index (χ3n) is 1.99. The van der Waals surface area contributed by atoms with Crippen LogP contribution in [-0.2, 0) is 4.79 Å². The van der Waals surface area contributed by atoms with Gasteiger partial charge in [-0.1, -0.05) is 0 Å². The summed E-state index contributed by atoms with van der Waals surface area (Å²) in [6, 6.07) is 4.46. The molecule has 0 saturated carbocycles. The number of anilines is 1. The zero-order valence-corrected chi connectivity index (χ0v) is 9.34. The Balaban J connectivity index is 2.49. The molecule has 0 aliphatic carbocycles. The van der Waals surface area contributed by atoms with Crippen molar-refractivity contribution in [1.82, 2.24) is 5.32 Å². The van der Waals surface area contributed by atoms with Crippen LogP contribution in [0.5, 0.6) is 5.75 Å². The van der Waals surface area contributed by atoms with Crippen molar-refractivity contribution in [3.63, 3.8) is 0 Å². The second-order valence-corrected chi connectivity index (χ2v) is 3.26. The molecule has 0 radical (unpaired) electrons. The molecular formula is C11H15FN2O2. The van der Waals surface area contributed by atoms with Crippen LogP contribution in [0.25, 0.3) is 0 Å². The van der Waals surface area contributed by atoms with Crippen LogP contribution in [0.15, 0.2) is 18.2 Å². The van der Waals surface area contributed by atoms with Crippen LogP contribution in [0.2, 0.25) is 0 Å². The number of nitrogens with one attached hydrogen (secondary N) is 2. The van der Waals surface area contributed by atoms with E-state index in [1.807, 2.05) is 0 Å².